The van der Waals surface area contributed by atoms with Gasteiger partial charge in [0.25, 0.3) is 5.91 Å². The first-order valence-electron chi connectivity index (χ1n) is 7.80. The highest BCUT2D eigenvalue weighted by Crippen LogP contribution is 2.23. The number of thioether (sulfide) groups is 1. The summed E-state index contributed by atoms with van der Waals surface area (Å²) in [5, 5.41) is 12.7. The van der Waals surface area contributed by atoms with Gasteiger partial charge in [0.05, 0.1) is 5.75 Å². The highest BCUT2D eigenvalue weighted by molar-refractivity contribution is 7.98. The summed E-state index contributed by atoms with van der Waals surface area (Å²) in [7, 11) is 0. The fourth-order valence-corrected chi connectivity index (χ4v) is 3.90. The summed E-state index contributed by atoms with van der Waals surface area (Å²) in [6.45, 7) is 4.08. The number of rotatable bonds is 6. The van der Waals surface area contributed by atoms with Crippen LogP contribution in [0.4, 0.5) is 4.39 Å². The van der Waals surface area contributed by atoms with Crippen molar-refractivity contribution in [1.29, 1.82) is 0 Å². The number of amides is 1. The summed E-state index contributed by atoms with van der Waals surface area (Å²) < 4.78 is 12.9. The number of aryl methyl sites for hydroxylation is 2. The Hall–Kier alpha value is -2.39. The molecule has 9 heteroatoms. The molecule has 26 heavy (non-hydrogen) atoms. The van der Waals surface area contributed by atoms with Crippen LogP contribution in [0, 0.1) is 19.7 Å². The molecule has 0 unspecified atom stereocenters. The normalized spacial score (nSPS) is 10.7. The van der Waals surface area contributed by atoms with Gasteiger partial charge in [0, 0.05) is 12.2 Å². The summed E-state index contributed by atoms with van der Waals surface area (Å²) in [5.74, 6) is 0.710. The Bertz CT molecular complexity index is 894. The molecule has 0 radical (unpaired) electrons. The lowest BCUT2D eigenvalue weighted by atomic mass is 10.2. The second-order valence-corrected chi connectivity index (χ2v) is 7.55. The van der Waals surface area contributed by atoms with Crippen LogP contribution in [0.15, 0.2) is 35.4 Å². The van der Waals surface area contributed by atoms with Crippen LogP contribution >= 0.6 is 23.1 Å². The summed E-state index contributed by atoms with van der Waals surface area (Å²) >= 11 is 2.78. The van der Waals surface area contributed by atoms with Gasteiger partial charge in [0.1, 0.15) is 21.7 Å². The van der Waals surface area contributed by atoms with Crippen molar-refractivity contribution in [3.05, 3.63) is 63.2 Å². The van der Waals surface area contributed by atoms with E-state index in [9.17, 15) is 9.18 Å². The van der Waals surface area contributed by atoms with Gasteiger partial charge < -0.3 is 5.32 Å². The molecule has 0 atom stereocenters. The molecule has 0 saturated heterocycles. The fraction of sp³-hybridized carbons (Fsp3) is 0.235. The van der Waals surface area contributed by atoms with E-state index in [2.05, 4.69) is 25.5 Å². The summed E-state index contributed by atoms with van der Waals surface area (Å²) in [6.07, 6.45) is 0. The first kappa shape index (κ1) is 18.4. The van der Waals surface area contributed by atoms with Gasteiger partial charge >= 0.3 is 0 Å². The molecule has 0 aliphatic heterocycles. The van der Waals surface area contributed by atoms with Crippen molar-refractivity contribution < 1.29 is 9.18 Å². The Morgan fingerprint density at radius 2 is 1.96 bits per heavy atom. The minimum Gasteiger partial charge on any atom is -0.346 e. The van der Waals surface area contributed by atoms with Crippen molar-refractivity contribution in [2.45, 2.75) is 31.2 Å². The quantitative estimate of drug-likeness (QED) is 0.515. The number of benzene rings is 1. The van der Waals surface area contributed by atoms with Crippen LogP contribution < -0.4 is 5.32 Å². The molecule has 134 valence electrons. The van der Waals surface area contributed by atoms with Gasteiger partial charge in [0.2, 0.25) is 5.01 Å². The lowest BCUT2D eigenvalue weighted by molar-refractivity contribution is 0.0950. The van der Waals surface area contributed by atoms with Gasteiger partial charge in [-0.1, -0.05) is 35.2 Å². The zero-order valence-electron chi connectivity index (χ0n) is 14.2. The molecule has 0 aliphatic rings. The van der Waals surface area contributed by atoms with E-state index >= 15 is 0 Å². The maximum atomic E-state index is 12.9. The third kappa shape index (κ3) is 5.06. The van der Waals surface area contributed by atoms with Gasteiger partial charge in [-0.15, -0.1) is 10.2 Å². The van der Waals surface area contributed by atoms with Crippen molar-refractivity contribution in [3.8, 4) is 0 Å². The third-order valence-electron chi connectivity index (χ3n) is 3.31. The standard InChI is InChI=1S/C17H16FN5OS2/c1-10-7-14(21-11(2)20-10)25-9-15-22-23-17(26-15)16(24)19-8-12-3-5-13(18)6-4-12/h3-7H,8-9H2,1-2H3,(H,19,24). The van der Waals surface area contributed by atoms with Crippen LogP contribution in [0.5, 0.6) is 0 Å². The van der Waals surface area contributed by atoms with Gasteiger partial charge in [-0.3, -0.25) is 4.79 Å². The molecule has 0 fully saturated rings. The molecule has 0 bridgehead atoms. The molecule has 0 aliphatic carbocycles. The Labute approximate surface area is 158 Å². The SMILES string of the molecule is Cc1cc(SCc2nnc(C(=O)NCc3ccc(F)cc3)s2)nc(C)n1. The van der Waals surface area contributed by atoms with Crippen molar-refractivity contribution in [1.82, 2.24) is 25.5 Å². The van der Waals surface area contributed by atoms with Crippen molar-refractivity contribution in [3.63, 3.8) is 0 Å². The molecule has 0 saturated carbocycles. The number of halogens is 1. The summed E-state index contributed by atoms with van der Waals surface area (Å²) in [5.41, 5.74) is 1.73. The average molecular weight is 389 g/mol. The van der Waals surface area contributed by atoms with Crippen LogP contribution in [0.1, 0.15) is 31.9 Å². The first-order chi connectivity index (χ1) is 12.5. The average Bonchev–Trinajstić information content (AvgIpc) is 3.07. The van der Waals surface area contributed by atoms with Crippen LogP contribution in [0.25, 0.3) is 0 Å². The van der Waals surface area contributed by atoms with Gasteiger partial charge in [-0.2, -0.15) is 0 Å². The van der Waals surface area contributed by atoms with Gasteiger partial charge in [0.15, 0.2) is 0 Å². The summed E-state index contributed by atoms with van der Waals surface area (Å²) in [4.78, 5) is 20.8. The summed E-state index contributed by atoms with van der Waals surface area (Å²) in [6, 6.07) is 7.89. The highest BCUT2D eigenvalue weighted by atomic mass is 32.2. The Morgan fingerprint density at radius 3 is 2.69 bits per heavy atom. The molecule has 6 nitrogen and oxygen atoms in total. The van der Waals surface area contributed by atoms with E-state index in [-0.39, 0.29) is 11.7 Å². The van der Waals surface area contributed by atoms with E-state index in [1.54, 1.807) is 12.1 Å². The number of nitrogens with zero attached hydrogens (tertiary/aromatic N) is 4. The second-order valence-electron chi connectivity index (χ2n) is 5.49. The molecular weight excluding hydrogens is 373 g/mol. The molecule has 1 aromatic carbocycles. The third-order valence-corrected chi connectivity index (χ3v) is 5.34. The van der Waals surface area contributed by atoms with E-state index in [0.29, 0.717) is 17.3 Å². The van der Waals surface area contributed by atoms with Crippen LogP contribution in [0.3, 0.4) is 0 Å². The fourth-order valence-electron chi connectivity index (χ4n) is 2.16. The Morgan fingerprint density at radius 1 is 1.19 bits per heavy atom. The number of carbonyl (C=O) groups excluding carboxylic acids is 1. The highest BCUT2D eigenvalue weighted by Gasteiger charge is 2.13. The number of hydrogen-bond acceptors (Lipinski definition) is 7. The largest absolute Gasteiger partial charge is 0.346 e. The smallest absolute Gasteiger partial charge is 0.282 e. The molecule has 2 aromatic heterocycles. The molecule has 0 spiro atoms. The number of carbonyl (C=O) groups is 1. The predicted molar refractivity (Wildman–Crippen MR) is 98.5 cm³/mol. The first-order valence-corrected chi connectivity index (χ1v) is 9.60. The Balaban J connectivity index is 1.54. The predicted octanol–water partition coefficient (Wildman–Crippen LogP) is 3.31. The molecule has 2 heterocycles. The van der Waals surface area contributed by atoms with E-state index < -0.39 is 0 Å². The number of hydrogen-bond donors (Lipinski definition) is 1. The lowest BCUT2D eigenvalue weighted by Gasteiger charge is -2.02. The van der Waals surface area contributed by atoms with E-state index in [0.717, 1.165) is 27.1 Å². The Kier molecular flexibility index (Phi) is 5.89. The van der Waals surface area contributed by atoms with Crippen LogP contribution in [0.2, 0.25) is 0 Å². The van der Waals surface area contributed by atoms with E-state index in [4.69, 9.17) is 0 Å². The van der Waals surface area contributed by atoms with E-state index in [1.807, 2.05) is 19.9 Å². The topological polar surface area (TPSA) is 80.7 Å². The minimum atomic E-state index is -0.305. The molecule has 1 N–H and O–H groups in total. The van der Waals surface area contributed by atoms with Crippen LogP contribution in [-0.4, -0.2) is 26.1 Å². The van der Waals surface area contributed by atoms with Gasteiger partial charge in [-0.05, 0) is 37.6 Å². The van der Waals surface area contributed by atoms with Gasteiger partial charge in [-0.25, -0.2) is 14.4 Å². The molecule has 1 amide bonds. The van der Waals surface area contributed by atoms with E-state index in [1.165, 1.54) is 35.2 Å². The monoisotopic (exact) mass is 389 g/mol. The minimum absolute atomic E-state index is 0.295. The zero-order valence-corrected chi connectivity index (χ0v) is 15.8. The molecule has 3 rings (SSSR count). The lowest BCUT2D eigenvalue weighted by Crippen LogP contribution is -2.22. The van der Waals surface area contributed by atoms with Crippen molar-refractivity contribution in [2.75, 3.05) is 0 Å². The molecular formula is C17H16FN5OS2. The number of nitrogens with one attached hydrogen (secondary N) is 1. The van der Waals surface area contributed by atoms with Crippen molar-refractivity contribution >= 4 is 29.0 Å². The molecule has 3 aromatic rings. The zero-order chi connectivity index (χ0) is 18.5. The maximum Gasteiger partial charge on any atom is 0.282 e. The number of aromatic nitrogens is 4. The maximum absolute atomic E-state index is 12.9. The second kappa shape index (κ2) is 8.33. The van der Waals surface area contributed by atoms with Crippen LogP contribution in [-0.2, 0) is 12.3 Å². The van der Waals surface area contributed by atoms with Crippen molar-refractivity contribution in [2.24, 2.45) is 0 Å².